The van der Waals surface area contributed by atoms with Crippen molar-refractivity contribution < 1.29 is 9.59 Å². The Balaban J connectivity index is 1.75. The van der Waals surface area contributed by atoms with E-state index in [1.54, 1.807) is 23.2 Å². The zero-order valence-electron chi connectivity index (χ0n) is 10.6. The van der Waals surface area contributed by atoms with Gasteiger partial charge in [-0.05, 0) is 17.9 Å². The first-order valence-corrected chi connectivity index (χ1v) is 7.10. The molecule has 0 aromatic carbocycles. The summed E-state index contributed by atoms with van der Waals surface area (Å²) in [5, 5.41) is 2.03. The molecule has 2 heterocycles. The number of rotatable bonds is 3. The Hall–Kier alpha value is -1.36. The normalized spacial score (nSPS) is 15.8. The van der Waals surface area contributed by atoms with Crippen molar-refractivity contribution in [1.82, 2.24) is 9.80 Å². The SMILES string of the molecule is CC(=O)N1CCN(C(=O)CCc2cccs2)CC1. The lowest BCUT2D eigenvalue weighted by Crippen LogP contribution is -2.50. The molecule has 0 atom stereocenters. The Morgan fingerprint density at radius 1 is 1.22 bits per heavy atom. The van der Waals surface area contributed by atoms with Gasteiger partial charge in [-0.15, -0.1) is 11.3 Å². The number of carbonyl (C=O) groups is 2. The second-order valence-electron chi connectivity index (χ2n) is 4.47. The van der Waals surface area contributed by atoms with Crippen LogP contribution in [0.25, 0.3) is 0 Å². The fourth-order valence-electron chi connectivity index (χ4n) is 2.11. The molecule has 0 N–H and O–H groups in total. The Kier molecular flexibility index (Phi) is 4.36. The second kappa shape index (κ2) is 6.00. The molecule has 1 aliphatic rings. The van der Waals surface area contributed by atoms with E-state index < -0.39 is 0 Å². The monoisotopic (exact) mass is 266 g/mol. The predicted molar refractivity (Wildman–Crippen MR) is 71.5 cm³/mol. The van der Waals surface area contributed by atoms with Gasteiger partial charge >= 0.3 is 0 Å². The quantitative estimate of drug-likeness (QED) is 0.829. The number of carbonyl (C=O) groups excluding carboxylic acids is 2. The molecule has 5 heteroatoms. The summed E-state index contributed by atoms with van der Waals surface area (Å²) < 4.78 is 0. The summed E-state index contributed by atoms with van der Waals surface area (Å²) in [4.78, 5) is 28.1. The fraction of sp³-hybridized carbons (Fsp3) is 0.538. The molecule has 2 rings (SSSR count). The highest BCUT2D eigenvalue weighted by Gasteiger charge is 2.21. The van der Waals surface area contributed by atoms with Crippen molar-refractivity contribution in [3.8, 4) is 0 Å². The van der Waals surface area contributed by atoms with Gasteiger partial charge in [0.1, 0.15) is 0 Å². The number of piperazine rings is 1. The number of amides is 2. The van der Waals surface area contributed by atoms with Crippen LogP contribution in [0.3, 0.4) is 0 Å². The molecule has 0 bridgehead atoms. The third-order valence-corrected chi connectivity index (χ3v) is 4.18. The molecule has 1 aromatic heterocycles. The zero-order valence-corrected chi connectivity index (χ0v) is 11.4. The van der Waals surface area contributed by atoms with E-state index in [9.17, 15) is 9.59 Å². The molecule has 0 unspecified atom stereocenters. The molecule has 1 saturated heterocycles. The van der Waals surface area contributed by atoms with Crippen molar-refractivity contribution in [3.05, 3.63) is 22.4 Å². The van der Waals surface area contributed by atoms with E-state index in [2.05, 4.69) is 6.07 Å². The minimum atomic E-state index is 0.0979. The van der Waals surface area contributed by atoms with Crippen molar-refractivity contribution in [2.45, 2.75) is 19.8 Å². The first-order chi connectivity index (χ1) is 8.66. The highest BCUT2D eigenvalue weighted by Crippen LogP contribution is 2.12. The summed E-state index contributed by atoms with van der Waals surface area (Å²) in [6.07, 6.45) is 1.39. The summed E-state index contributed by atoms with van der Waals surface area (Å²) in [7, 11) is 0. The Morgan fingerprint density at radius 2 is 1.89 bits per heavy atom. The maximum atomic E-state index is 12.0. The van der Waals surface area contributed by atoms with Crippen LogP contribution in [-0.2, 0) is 16.0 Å². The van der Waals surface area contributed by atoms with Gasteiger partial charge in [-0.2, -0.15) is 0 Å². The zero-order chi connectivity index (χ0) is 13.0. The largest absolute Gasteiger partial charge is 0.339 e. The molecular formula is C13H18N2O2S. The van der Waals surface area contributed by atoms with Gasteiger partial charge in [0.15, 0.2) is 0 Å². The number of nitrogens with zero attached hydrogens (tertiary/aromatic N) is 2. The van der Waals surface area contributed by atoms with Gasteiger partial charge in [0.2, 0.25) is 11.8 Å². The average molecular weight is 266 g/mol. The highest BCUT2D eigenvalue weighted by molar-refractivity contribution is 7.09. The van der Waals surface area contributed by atoms with Crippen molar-refractivity contribution in [3.63, 3.8) is 0 Å². The summed E-state index contributed by atoms with van der Waals surface area (Å²) in [5.41, 5.74) is 0. The topological polar surface area (TPSA) is 40.6 Å². The van der Waals surface area contributed by atoms with Crippen LogP contribution in [0.2, 0.25) is 0 Å². The van der Waals surface area contributed by atoms with Crippen LogP contribution in [0.4, 0.5) is 0 Å². The molecular weight excluding hydrogens is 248 g/mol. The molecule has 0 radical (unpaired) electrons. The lowest BCUT2D eigenvalue weighted by molar-refractivity contribution is -0.138. The van der Waals surface area contributed by atoms with Crippen molar-refractivity contribution in [2.75, 3.05) is 26.2 Å². The average Bonchev–Trinajstić information content (AvgIpc) is 2.89. The van der Waals surface area contributed by atoms with Crippen LogP contribution in [0.5, 0.6) is 0 Å². The lowest BCUT2D eigenvalue weighted by atomic mass is 10.2. The van der Waals surface area contributed by atoms with Crippen molar-refractivity contribution in [1.29, 1.82) is 0 Å². The first-order valence-electron chi connectivity index (χ1n) is 6.22. The maximum Gasteiger partial charge on any atom is 0.223 e. The van der Waals surface area contributed by atoms with Crippen LogP contribution in [0.15, 0.2) is 17.5 Å². The molecule has 0 spiro atoms. The van der Waals surface area contributed by atoms with Crippen LogP contribution < -0.4 is 0 Å². The highest BCUT2D eigenvalue weighted by atomic mass is 32.1. The molecule has 1 fully saturated rings. The summed E-state index contributed by atoms with van der Waals surface area (Å²) in [5.74, 6) is 0.298. The van der Waals surface area contributed by atoms with E-state index in [0.29, 0.717) is 32.6 Å². The Labute approximate surface area is 111 Å². The number of thiophene rings is 1. The minimum absolute atomic E-state index is 0.0979. The summed E-state index contributed by atoms with van der Waals surface area (Å²) >= 11 is 1.69. The van der Waals surface area contributed by atoms with Crippen LogP contribution in [0, 0.1) is 0 Å². The molecule has 1 aromatic rings. The Bertz CT molecular complexity index is 409. The molecule has 1 aliphatic heterocycles. The molecule has 4 nitrogen and oxygen atoms in total. The number of aryl methyl sites for hydroxylation is 1. The summed E-state index contributed by atoms with van der Waals surface area (Å²) in [6.45, 7) is 4.25. The molecule has 0 saturated carbocycles. The van der Waals surface area contributed by atoms with Gasteiger partial charge in [-0.25, -0.2) is 0 Å². The Morgan fingerprint density at radius 3 is 2.44 bits per heavy atom. The number of hydrogen-bond donors (Lipinski definition) is 0. The van der Waals surface area contributed by atoms with Gasteiger partial charge in [0.25, 0.3) is 0 Å². The van der Waals surface area contributed by atoms with Crippen molar-refractivity contribution >= 4 is 23.2 Å². The minimum Gasteiger partial charge on any atom is -0.339 e. The van der Waals surface area contributed by atoms with E-state index in [1.807, 2.05) is 16.3 Å². The first kappa shape index (κ1) is 13.1. The molecule has 18 heavy (non-hydrogen) atoms. The predicted octanol–water partition coefficient (Wildman–Crippen LogP) is 1.37. The van der Waals surface area contributed by atoms with Gasteiger partial charge in [0, 0.05) is 44.4 Å². The van der Waals surface area contributed by atoms with E-state index in [-0.39, 0.29) is 11.8 Å². The molecule has 2 amide bonds. The van der Waals surface area contributed by atoms with Crippen LogP contribution in [0.1, 0.15) is 18.2 Å². The summed E-state index contributed by atoms with van der Waals surface area (Å²) in [6, 6.07) is 4.07. The maximum absolute atomic E-state index is 12.0. The molecule has 98 valence electrons. The third kappa shape index (κ3) is 3.32. The van der Waals surface area contributed by atoms with E-state index >= 15 is 0 Å². The van der Waals surface area contributed by atoms with E-state index in [1.165, 1.54) is 4.88 Å². The number of hydrogen-bond acceptors (Lipinski definition) is 3. The van der Waals surface area contributed by atoms with Gasteiger partial charge in [-0.3, -0.25) is 9.59 Å². The van der Waals surface area contributed by atoms with E-state index in [0.717, 1.165) is 6.42 Å². The second-order valence-corrected chi connectivity index (χ2v) is 5.50. The molecule has 0 aliphatic carbocycles. The smallest absolute Gasteiger partial charge is 0.223 e. The van der Waals surface area contributed by atoms with E-state index in [4.69, 9.17) is 0 Å². The van der Waals surface area contributed by atoms with Crippen LogP contribution in [-0.4, -0.2) is 47.8 Å². The third-order valence-electron chi connectivity index (χ3n) is 3.24. The van der Waals surface area contributed by atoms with Gasteiger partial charge in [0.05, 0.1) is 0 Å². The lowest BCUT2D eigenvalue weighted by Gasteiger charge is -2.34. The van der Waals surface area contributed by atoms with Gasteiger partial charge in [-0.1, -0.05) is 6.07 Å². The van der Waals surface area contributed by atoms with Gasteiger partial charge < -0.3 is 9.80 Å². The fourth-order valence-corrected chi connectivity index (χ4v) is 2.82. The standard InChI is InChI=1S/C13H18N2O2S/c1-11(16)14-6-8-15(9-7-14)13(17)5-4-12-3-2-10-18-12/h2-3,10H,4-9H2,1H3. The van der Waals surface area contributed by atoms with Crippen LogP contribution >= 0.6 is 11.3 Å². The van der Waals surface area contributed by atoms with Crippen molar-refractivity contribution in [2.24, 2.45) is 0 Å².